The molecule has 0 amide bonds. The van der Waals surface area contributed by atoms with Crippen LogP contribution in [0.4, 0.5) is 5.13 Å². The van der Waals surface area contributed by atoms with Crippen LogP contribution < -0.4 is 5.32 Å². The van der Waals surface area contributed by atoms with Gasteiger partial charge in [-0.3, -0.25) is 0 Å². The highest BCUT2D eigenvalue weighted by molar-refractivity contribution is 9.11. The van der Waals surface area contributed by atoms with Crippen molar-refractivity contribution < 1.29 is 0 Å². The quantitative estimate of drug-likeness (QED) is 0.624. The van der Waals surface area contributed by atoms with Gasteiger partial charge in [0.2, 0.25) is 0 Å². The van der Waals surface area contributed by atoms with E-state index in [1.807, 2.05) is 12.1 Å². The SMILES string of the molecule is Brc1ccc2sc(NCc3ccc(Br)s3)nc2c1. The Hall–Kier alpha value is -0.430. The Morgan fingerprint density at radius 2 is 2.00 bits per heavy atom. The van der Waals surface area contributed by atoms with Crippen molar-refractivity contribution in [1.29, 1.82) is 0 Å². The first kappa shape index (κ1) is 12.6. The molecular formula is C12H8Br2N2S2. The average Bonchev–Trinajstić information content (AvgIpc) is 2.92. The number of benzene rings is 1. The fraction of sp³-hybridized carbons (Fsp3) is 0.0833. The van der Waals surface area contributed by atoms with Gasteiger partial charge in [-0.25, -0.2) is 4.98 Å². The number of aromatic nitrogens is 1. The van der Waals surface area contributed by atoms with Crippen LogP contribution in [0, 0.1) is 0 Å². The zero-order valence-electron chi connectivity index (χ0n) is 9.11. The number of nitrogens with zero attached hydrogens (tertiary/aromatic N) is 1. The van der Waals surface area contributed by atoms with Crippen LogP contribution in [-0.2, 0) is 6.54 Å². The number of anilines is 1. The molecule has 6 heteroatoms. The average molecular weight is 404 g/mol. The standard InChI is InChI=1S/C12H8Br2N2S2/c13-7-1-3-10-9(5-7)16-12(18-10)15-6-8-2-4-11(14)17-8/h1-5H,6H2,(H,15,16). The van der Waals surface area contributed by atoms with Crippen molar-refractivity contribution >= 4 is 69.9 Å². The molecule has 18 heavy (non-hydrogen) atoms. The molecule has 1 N–H and O–H groups in total. The molecular weight excluding hydrogens is 396 g/mol. The van der Waals surface area contributed by atoms with Crippen LogP contribution in [0.25, 0.3) is 10.2 Å². The van der Waals surface area contributed by atoms with Crippen LogP contribution in [0.5, 0.6) is 0 Å². The summed E-state index contributed by atoms with van der Waals surface area (Å²) in [5, 5.41) is 4.33. The predicted octanol–water partition coefficient (Wildman–Crippen LogP) is 5.49. The zero-order chi connectivity index (χ0) is 12.5. The van der Waals surface area contributed by atoms with Crippen LogP contribution in [0.2, 0.25) is 0 Å². The highest BCUT2D eigenvalue weighted by Crippen LogP contribution is 2.29. The van der Waals surface area contributed by atoms with E-state index in [1.165, 1.54) is 9.58 Å². The van der Waals surface area contributed by atoms with E-state index in [0.29, 0.717) is 0 Å². The molecule has 2 aromatic heterocycles. The summed E-state index contributed by atoms with van der Waals surface area (Å²) in [6.45, 7) is 0.817. The number of rotatable bonds is 3. The summed E-state index contributed by atoms with van der Waals surface area (Å²) >= 11 is 10.3. The molecule has 0 saturated carbocycles. The van der Waals surface area contributed by atoms with E-state index in [2.05, 4.69) is 60.4 Å². The third-order valence-corrected chi connectivity index (χ3v) is 5.50. The van der Waals surface area contributed by atoms with Crippen molar-refractivity contribution in [3.05, 3.63) is 43.5 Å². The predicted molar refractivity (Wildman–Crippen MR) is 86.7 cm³/mol. The Morgan fingerprint density at radius 3 is 2.78 bits per heavy atom. The summed E-state index contributed by atoms with van der Waals surface area (Å²) < 4.78 is 3.43. The van der Waals surface area contributed by atoms with Crippen molar-refractivity contribution in [3.63, 3.8) is 0 Å². The fourth-order valence-electron chi connectivity index (χ4n) is 1.59. The van der Waals surface area contributed by atoms with Gasteiger partial charge in [0.25, 0.3) is 0 Å². The van der Waals surface area contributed by atoms with E-state index in [-0.39, 0.29) is 0 Å². The largest absolute Gasteiger partial charge is 0.357 e. The second kappa shape index (κ2) is 5.28. The summed E-state index contributed by atoms with van der Waals surface area (Å²) in [5.74, 6) is 0. The van der Waals surface area contributed by atoms with Gasteiger partial charge in [-0.15, -0.1) is 11.3 Å². The molecule has 2 heterocycles. The highest BCUT2D eigenvalue weighted by Gasteiger charge is 2.04. The van der Waals surface area contributed by atoms with Gasteiger partial charge in [-0.05, 0) is 46.3 Å². The number of thiophene rings is 1. The van der Waals surface area contributed by atoms with Crippen LogP contribution in [0.3, 0.4) is 0 Å². The summed E-state index contributed by atoms with van der Waals surface area (Å²) in [6, 6.07) is 10.4. The maximum absolute atomic E-state index is 4.57. The summed E-state index contributed by atoms with van der Waals surface area (Å²) in [6.07, 6.45) is 0. The second-order valence-corrected chi connectivity index (χ2v) is 8.18. The lowest BCUT2D eigenvalue weighted by atomic mass is 10.3. The minimum absolute atomic E-state index is 0.817. The van der Waals surface area contributed by atoms with Gasteiger partial charge in [-0.1, -0.05) is 27.3 Å². The maximum Gasteiger partial charge on any atom is 0.184 e. The number of halogens is 2. The molecule has 0 saturated heterocycles. The van der Waals surface area contributed by atoms with E-state index < -0.39 is 0 Å². The lowest BCUT2D eigenvalue weighted by molar-refractivity contribution is 1.18. The Balaban J connectivity index is 1.78. The number of hydrogen-bond donors (Lipinski definition) is 1. The number of fused-ring (bicyclic) bond motifs is 1. The number of thiazole rings is 1. The van der Waals surface area contributed by atoms with Gasteiger partial charge in [0, 0.05) is 9.35 Å². The first-order valence-electron chi connectivity index (χ1n) is 5.25. The van der Waals surface area contributed by atoms with Crippen LogP contribution in [-0.4, -0.2) is 4.98 Å². The maximum atomic E-state index is 4.57. The molecule has 0 bridgehead atoms. The highest BCUT2D eigenvalue weighted by atomic mass is 79.9. The van der Waals surface area contributed by atoms with Crippen molar-refractivity contribution in [2.45, 2.75) is 6.54 Å². The van der Waals surface area contributed by atoms with Crippen molar-refractivity contribution in [2.24, 2.45) is 0 Å². The lowest BCUT2D eigenvalue weighted by Gasteiger charge is -1.98. The molecule has 0 fully saturated rings. The Labute approximate surface area is 129 Å². The molecule has 2 nitrogen and oxygen atoms in total. The van der Waals surface area contributed by atoms with E-state index in [9.17, 15) is 0 Å². The smallest absolute Gasteiger partial charge is 0.184 e. The summed E-state index contributed by atoms with van der Waals surface area (Å²) in [7, 11) is 0. The molecule has 92 valence electrons. The molecule has 0 aliphatic carbocycles. The third-order valence-electron chi connectivity index (χ3n) is 2.39. The van der Waals surface area contributed by atoms with Crippen LogP contribution in [0.1, 0.15) is 4.88 Å². The van der Waals surface area contributed by atoms with Gasteiger partial charge in [0.15, 0.2) is 5.13 Å². The monoisotopic (exact) mass is 402 g/mol. The van der Waals surface area contributed by atoms with E-state index in [4.69, 9.17) is 0 Å². The molecule has 3 aromatic rings. The van der Waals surface area contributed by atoms with E-state index in [1.54, 1.807) is 22.7 Å². The molecule has 1 aromatic carbocycles. The normalized spacial score (nSPS) is 11.0. The Morgan fingerprint density at radius 1 is 1.11 bits per heavy atom. The molecule has 0 aliphatic heterocycles. The first-order chi connectivity index (χ1) is 8.70. The van der Waals surface area contributed by atoms with Crippen LogP contribution in [0.15, 0.2) is 38.6 Å². The van der Waals surface area contributed by atoms with Crippen molar-refractivity contribution in [2.75, 3.05) is 5.32 Å². The lowest BCUT2D eigenvalue weighted by Crippen LogP contribution is -1.95. The Bertz CT molecular complexity index is 690. The molecule has 0 spiro atoms. The fourth-order valence-corrected chi connectivity index (χ4v) is 4.20. The molecule has 0 radical (unpaired) electrons. The van der Waals surface area contributed by atoms with Crippen molar-refractivity contribution in [3.8, 4) is 0 Å². The topological polar surface area (TPSA) is 24.9 Å². The number of nitrogens with one attached hydrogen (secondary N) is 1. The van der Waals surface area contributed by atoms with Gasteiger partial charge in [0.05, 0.1) is 20.5 Å². The molecule has 3 rings (SSSR count). The van der Waals surface area contributed by atoms with E-state index in [0.717, 1.165) is 25.5 Å². The Kier molecular flexibility index (Phi) is 3.70. The van der Waals surface area contributed by atoms with E-state index >= 15 is 0 Å². The number of hydrogen-bond acceptors (Lipinski definition) is 4. The molecule has 0 aliphatic rings. The summed E-state index contributed by atoms with van der Waals surface area (Å²) in [5.41, 5.74) is 1.03. The zero-order valence-corrected chi connectivity index (χ0v) is 13.9. The third kappa shape index (κ3) is 2.77. The van der Waals surface area contributed by atoms with Crippen LogP contribution >= 0.6 is 54.5 Å². The minimum Gasteiger partial charge on any atom is -0.357 e. The molecule has 0 unspecified atom stereocenters. The van der Waals surface area contributed by atoms with Crippen molar-refractivity contribution in [1.82, 2.24) is 4.98 Å². The summed E-state index contributed by atoms with van der Waals surface area (Å²) in [4.78, 5) is 5.86. The van der Waals surface area contributed by atoms with Gasteiger partial charge >= 0.3 is 0 Å². The second-order valence-electron chi connectivity index (χ2n) is 3.69. The van der Waals surface area contributed by atoms with Gasteiger partial charge in [-0.2, -0.15) is 0 Å². The van der Waals surface area contributed by atoms with Gasteiger partial charge < -0.3 is 5.32 Å². The van der Waals surface area contributed by atoms with Gasteiger partial charge in [0.1, 0.15) is 0 Å². The first-order valence-corrected chi connectivity index (χ1v) is 8.47. The minimum atomic E-state index is 0.817. The molecule has 0 atom stereocenters.